The fourth-order valence-corrected chi connectivity index (χ4v) is 4.49. The zero-order valence-electron chi connectivity index (χ0n) is 21.0. The van der Waals surface area contributed by atoms with Crippen LogP contribution in [-0.2, 0) is 20.9 Å². The molecule has 0 unspecified atom stereocenters. The Labute approximate surface area is 210 Å². The van der Waals surface area contributed by atoms with Crippen LogP contribution in [0.1, 0.15) is 45.2 Å². The number of benzene rings is 2. The number of ether oxygens (including phenoxy) is 2. The second kappa shape index (κ2) is 11.0. The summed E-state index contributed by atoms with van der Waals surface area (Å²) in [5.41, 5.74) is 1.82. The molecule has 0 saturated carbocycles. The molecular formula is C27H34N4O5. The number of hydrogen-bond donors (Lipinski definition) is 2. The van der Waals surface area contributed by atoms with Crippen molar-refractivity contribution >= 4 is 23.0 Å². The average Bonchev–Trinajstić information content (AvgIpc) is 3.18. The van der Waals surface area contributed by atoms with Gasteiger partial charge in [-0.2, -0.15) is 0 Å². The Morgan fingerprint density at radius 2 is 1.72 bits per heavy atom. The molecule has 1 fully saturated rings. The molecule has 1 saturated heterocycles. The largest absolute Gasteiger partial charge is 0.444 e. The summed E-state index contributed by atoms with van der Waals surface area (Å²) in [4.78, 5) is 43.1. The number of piperidine rings is 1. The molecule has 36 heavy (non-hydrogen) atoms. The van der Waals surface area contributed by atoms with E-state index in [1.54, 1.807) is 30.2 Å². The number of nitrogens with one attached hydrogen (secondary N) is 2. The number of imidazole rings is 1. The summed E-state index contributed by atoms with van der Waals surface area (Å²) in [6.07, 6.45) is 0.610. The maximum absolute atomic E-state index is 13.4. The molecule has 3 aromatic rings. The van der Waals surface area contributed by atoms with E-state index in [1.165, 1.54) is 0 Å². The summed E-state index contributed by atoms with van der Waals surface area (Å²) in [7, 11) is 0. The highest BCUT2D eigenvalue weighted by atomic mass is 16.6. The highest BCUT2D eigenvalue weighted by molar-refractivity contribution is 5.86. The number of aromatic nitrogens is 2. The number of carbonyl (C=O) groups excluding carboxylic acids is 2. The maximum atomic E-state index is 13.4. The van der Waals surface area contributed by atoms with E-state index in [-0.39, 0.29) is 24.2 Å². The molecule has 9 heteroatoms. The van der Waals surface area contributed by atoms with Crippen LogP contribution in [0.5, 0.6) is 0 Å². The number of alkyl carbamates (subject to hydrolysis) is 1. The monoisotopic (exact) mass is 494 g/mol. The molecular weight excluding hydrogens is 460 g/mol. The summed E-state index contributed by atoms with van der Waals surface area (Å²) in [6.45, 7) is 6.61. The number of para-hydroxylation sites is 2. The van der Waals surface area contributed by atoms with Crippen molar-refractivity contribution in [3.8, 4) is 0 Å². The predicted octanol–water partition coefficient (Wildman–Crippen LogP) is 3.60. The number of nitrogens with zero attached hydrogens (tertiary/aromatic N) is 2. The number of H-pyrrole nitrogens is 1. The molecule has 2 amide bonds. The van der Waals surface area contributed by atoms with Crippen LogP contribution in [0.2, 0.25) is 0 Å². The van der Waals surface area contributed by atoms with Gasteiger partial charge in [0.15, 0.2) is 0 Å². The number of amides is 2. The second-order valence-electron chi connectivity index (χ2n) is 10.1. The molecule has 1 aliphatic heterocycles. The summed E-state index contributed by atoms with van der Waals surface area (Å²) in [6, 6.07) is 16.4. The zero-order valence-corrected chi connectivity index (χ0v) is 21.0. The van der Waals surface area contributed by atoms with Crippen molar-refractivity contribution in [1.29, 1.82) is 0 Å². The van der Waals surface area contributed by atoms with Crippen LogP contribution in [-0.4, -0.2) is 57.8 Å². The van der Waals surface area contributed by atoms with Gasteiger partial charge in [0.2, 0.25) is 5.91 Å². The molecule has 2 heterocycles. The van der Waals surface area contributed by atoms with Crippen LogP contribution in [0.15, 0.2) is 59.4 Å². The van der Waals surface area contributed by atoms with Gasteiger partial charge in [0, 0.05) is 19.1 Å². The Morgan fingerprint density at radius 1 is 1.06 bits per heavy atom. The lowest BCUT2D eigenvalue weighted by molar-refractivity contribution is -0.136. The molecule has 0 bridgehead atoms. The lowest BCUT2D eigenvalue weighted by Crippen LogP contribution is -2.53. The Kier molecular flexibility index (Phi) is 7.79. The summed E-state index contributed by atoms with van der Waals surface area (Å²) in [5.74, 6) is -0.223. The fraction of sp³-hybridized carbons (Fsp3) is 0.444. The normalized spacial score (nSPS) is 15.6. The summed E-state index contributed by atoms with van der Waals surface area (Å²) in [5, 5.41) is 2.69. The smallest absolute Gasteiger partial charge is 0.408 e. The lowest BCUT2D eigenvalue weighted by atomic mass is 10.0. The molecule has 0 spiro atoms. The predicted molar refractivity (Wildman–Crippen MR) is 137 cm³/mol. The van der Waals surface area contributed by atoms with E-state index in [0.717, 1.165) is 16.6 Å². The van der Waals surface area contributed by atoms with Gasteiger partial charge in [0.25, 0.3) is 0 Å². The Bertz CT molecular complexity index is 1240. The molecule has 0 aliphatic carbocycles. The first-order valence-corrected chi connectivity index (χ1v) is 12.3. The van der Waals surface area contributed by atoms with Gasteiger partial charge in [-0.15, -0.1) is 0 Å². The molecule has 0 radical (unpaired) electrons. The molecule has 1 aromatic heterocycles. The quantitative estimate of drug-likeness (QED) is 0.522. The van der Waals surface area contributed by atoms with Crippen LogP contribution in [0.25, 0.3) is 11.0 Å². The molecule has 2 aromatic carbocycles. The van der Waals surface area contributed by atoms with Crippen molar-refractivity contribution in [2.24, 2.45) is 0 Å². The van der Waals surface area contributed by atoms with Crippen LogP contribution >= 0.6 is 0 Å². The zero-order chi connectivity index (χ0) is 25.7. The number of aromatic amines is 1. The minimum Gasteiger partial charge on any atom is -0.444 e. The molecule has 1 atom stereocenters. The van der Waals surface area contributed by atoms with Crippen molar-refractivity contribution in [3.05, 3.63) is 70.6 Å². The Hall–Kier alpha value is -3.59. The lowest BCUT2D eigenvalue weighted by Gasteiger charge is -2.35. The van der Waals surface area contributed by atoms with Gasteiger partial charge in [-0.05, 0) is 51.3 Å². The second-order valence-corrected chi connectivity index (χ2v) is 10.1. The third kappa shape index (κ3) is 6.34. The van der Waals surface area contributed by atoms with Crippen molar-refractivity contribution in [3.63, 3.8) is 0 Å². The first-order chi connectivity index (χ1) is 17.2. The highest BCUT2D eigenvalue weighted by Gasteiger charge is 2.32. The van der Waals surface area contributed by atoms with Gasteiger partial charge in [-0.1, -0.05) is 42.5 Å². The van der Waals surface area contributed by atoms with Crippen molar-refractivity contribution < 1.29 is 19.1 Å². The maximum Gasteiger partial charge on any atom is 0.408 e. The third-order valence-electron chi connectivity index (χ3n) is 6.15. The number of likely N-dealkylation sites (tertiary alicyclic amines) is 1. The minimum absolute atomic E-state index is 0.00991. The number of rotatable bonds is 7. The van der Waals surface area contributed by atoms with Crippen LogP contribution in [0.3, 0.4) is 0 Å². The molecule has 1 aliphatic rings. The first kappa shape index (κ1) is 25.5. The molecule has 192 valence electrons. The van der Waals surface area contributed by atoms with Gasteiger partial charge in [-0.25, -0.2) is 9.59 Å². The summed E-state index contributed by atoms with van der Waals surface area (Å²) < 4.78 is 13.0. The fourth-order valence-electron chi connectivity index (χ4n) is 4.49. The van der Waals surface area contributed by atoms with E-state index >= 15 is 0 Å². The van der Waals surface area contributed by atoms with Crippen LogP contribution in [0, 0.1) is 0 Å². The standard InChI is InChI=1S/C27H34N4O5/c1-27(2,3)36-26(34)29-22(18-35-17-19-9-5-4-6-10-19)24(32)30-15-13-20(14-16-30)31-23-12-8-7-11-21(23)28-25(31)33/h4-12,20,22H,13-18H2,1-3H3,(H,28,33)(H,29,34)/t22-/m1/s1. The molecule has 4 rings (SSSR count). The van der Waals surface area contributed by atoms with Crippen molar-refractivity contribution in [2.75, 3.05) is 19.7 Å². The molecule has 9 nitrogen and oxygen atoms in total. The Morgan fingerprint density at radius 3 is 2.42 bits per heavy atom. The van der Waals surface area contributed by atoms with E-state index < -0.39 is 17.7 Å². The van der Waals surface area contributed by atoms with Gasteiger partial charge >= 0.3 is 11.8 Å². The minimum atomic E-state index is -0.879. The van der Waals surface area contributed by atoms with Crippen molar-refractivity contribution in [1.82, 2.24) is 19.8 Å². The average molecular weight is 495 g/mol. The SMILES string of the molecule is CC(C)(C)OC(=O)N[C@H](COCc1ccccc1)C(=O)N1CCC(n2c(=O)[nH]c3ccccc32)CC1. The highest BCUT2D eigenvalue weighted by Crippen LogP contribution is 2.25. The first-order valence-electron chi connectivity index (χ1n) is 12.3. The number of fused-ring (bicyclic) bond motifs is 1. The van der Waals surface area contributed by atoms with Gasteiger partial charge in [0.1, 0.15) is 11.6 Å². The number of carbonyl (C=O) groups is 2. The van der Waals surface area contributed by atoms with E-state index in [2.05, 4.69) is 10.3 Å². The van der Waals surface area contributed by atoms with Crippen molar-refractivity contribution in [2.45, 2.75) is 57.9 Å². The topological polar surface area (TPSA) is 106 Å². The van der Waals surface area contributed by atoms with Crippen LogP contribution < -0.4 is 11.0 Å². The summed E-state index contributed by atoms with van der Waals surface area (Å²) >= 11 is 0. The van der Waals surface area contributed by atoms with Gasteiger partial charge < -0.3 is 24.7 Å². The van der Waals surface area contributed by atoms with E-state index in [9.17, 15) is 14.4 Å². The van der Waals surface area contributed by atoms with Gasteiger partial charge in [-0.3, -0.25) is 9.36 Å². The molecule has 2 N–H and O–H groups in total. The third-order valence-corrected chi connectivity index (χ3v) is 6.15. The Balaban J connectivity index is 1.41. The van der Waals surface area contributed by atoms with E-state index in [0.29, 0.717) is 32.5 Å². The van der Waals surface area contributed by atoms with Gasteiger partial charge in [0.05, 0.1) is 24.2 Å². The van der Waals surface area contributed by atoms with E-state index in [4.69, 9.17) is 9.47 Å². The van der Waals surface area contributed by atoms with E-state index in [1.807, 2.05) is 54.6 Å². The van der Waals surface area contributed by atoms with Crippen LogP contribution in [0.4, 0.5) is 4.79 Å². The number of hydrogen-bond acceptors (Lipinski definition) is 5.